The smallest absolute Gasteiger partial charge is 0.410 e. The van der Waals surface area contributed by atoms with Gasteiger partial charge >= 0.3 is 12.1 Å². The summed E-state index contributed by atoms with van der Waals surface area (Å²) >= 11 is 0. The highest BCUT2D eigenvalue weighted by Crippen LogP contribution is 2.33. The third-order valence-electron chi connectivity index (χ3n) is 3.76. The van der Waals surface area contributed by atoms with Gasteiger partial charge in [-0.25, -0.2) is 4.79 Å². The number of likely N-dealkylation sites (tertiary alicyclic amines) is 1. The summed E-state index contributed by atoms with van der Waals surface area (Å²) in [5.41, 5.74) is -0.550. The summed E-state index contributed by atoms with van der Waals surface area (Å²) in [6.45, 7) is 6.45. The second kappa shape index (κ2) is 5.60. The minimum atomic E-state index is -0.842. The maximum atomic E-state index is 12.2. The first-order valence-electron chi connectivity index (χ1n) is 7.13. The average molecular weight is 285 g/mol. The van der Waals surface area contributed by atoms with Crippen LogP contribution in [0.2, 0.25) is 0 Å². The molecule has 0 aromatic heterocycles. The molecule has 0 aliphatic carbocycles. The fraction of sp³-hybridized carbons (Fsp3) is 0.857. The van der Waals surface area contributed by atoms with Crippen molar-refractivity contribution in [3.63, 3.8) is 0 Å². The molecule has 2 fully saturated rings. The normalized spacial score (nSPS) is 30.6. The Labute approximate surface area is 119 Å². The van der Waals surface area contributed by atoms with Crippen LogP contribution in [0.4, 0.5) is 4.79 Å². The average Bonchev–Trinajstić information content (AvgIpc) is 2.35. The van der Waals surface area contributed by atoms with Crippen LogP contribution in [0.1, 0.15) is 40.0 Å². The number of aliphatic carboxylic acids is 1. The van der Waals surface area contributed by atoms with Gasteiger partial charge < -0.3 is 19.5 Å². The van der Waals surface area contributed by atoms with Crippen molar-refractivity contribution >= 4 is 12.1 Å². The number of carboxylic acid groups (broad SMARTS) is 1. The van der Waals surface area contributed by atoms with E-state index in [-0.39, 0.29) is 12.1 Å². The second-order valence-corrected chi connectivity index (χ2v) is 6.45. The standard InChI is InChI=1S/C14H23NO5/c1-14(2,3)20-13(18)15-7-6-9(12(16)17)11-10(15)5-4-8-19-11/h9-11H,4-8H2,1-3H3,(H,16,17)/t9-,10+,11+/m1/s1. The molecule has 0 aromatic rings. The SMILES string of the molecule is CC(C)(C)OC(=O)N1CC[C@@H](C(=O)O)[C@@H]2OCCC[C@@H]21. The Balaban J connectivity index is 2.12. The van der Waals surface area contributed by atoms with Gasteiger partial charge in [-0.05, 0) is 40.0 Å². The Morgan fingerprint density at radius 3 is 2.60 bits per heavy atom. The molecule has 3 atom stereocenters. The number of fused-ring (bicyclic) bond motifs is 1. The summed E-state index contributed by atoms with van der Waals surface area (Å²) in [7, 11) is 0. The lowest BCUT2D eigenvalue weighted by Gasteiger charge is -2.46. The van der Waals surface area contributed by atoms with Gasteiger partial charge in [0.05, 0.1) is 18.1 Å². The van der Waals surface area contributed by atoms with Crippen LogP contribution in [0.25, 0.3) is 0 Å². The minimum Gasteiger partial charge on any atom is -0.481 e. The molecule has 1 amide bonds. The summed E-state index contributed by atoms with van der Waals surface area (Å²) in [6.07, 6.45) is 1.24. The minimum absolute atomic E-state index is 0.187. The fourth-order valence-electron chi connectivity index (χ4n) is 2.92. The van der Waals surface area contributed by atoms with E-state index in [0.29, 0.717) is 19.6 Å². The van der Waals surface area contributed by atoms with Gasteiger partial charge in [0.1, 0.15) is 5.60 Å². The Bertz CT molecular complexity index is 390. The first-order chi connectivity index (χ1) is 9.29. The van der Waals surface area contributed by atoms with E-state index in [1.807, 2.05) is 20.8 Å². The van der Waals surface area contributed by atoms with Crippen molar-refractivity contribution in [3.05, 3.63) is 0 Å². The van der Waals surface area contributed by atoms with E-state index in [9.17, 15) is 14.7 Å². The van der Waals surface area contributed by atoms with Crippen LogP contribution >= 0.6 is 0 Å². The molecule has 6 heteroatoms. The predicted octanol–water partition coefficient (Wildman–Crippen LogP) is 1.88. The van der Waals surface area contributed by atoms with Gasteiger partial charge in [-0.3, -0.25) is 4.79 Å². The molecule has 20 heavy (non-hydrogen) atoms. The lowest BCUT2D eigenvalue weighted by Crippen LogP contribution is -2.59. The summed E-state index contributed by atoms with van der Waals surface area (Å²) < 4.78 is 11.0. The quantitative estimate of drug-likeness (QED) is 0.796. The van der Waals surface area contributed by atoms with E-state index in [4.69, 9.17) is 9.47 Å². The monoisotopic (exact) mass is 285 g/mol. The Hall–Kier alpha value is -1.30. The number of rotatable bonds is 1. The number of carboxylic acids is 1. The Kier molecular flexibility index (Phi) is 4.22. The van der Waals surface area contributed by atoms with Gasteiger partial charge in [0, 0.05) is 13.2 Å². The summed E-state index contributed by atoms with van der Waals surface area (Å²) in [4.78, 5) is 25.2. The molecule has 1 N–H and O–H groups in total. The number of ether oxygens (including phenoxy) is 2. The highest BCUT2D eigenvalue weighted by atomic mass is 16.6. The van der Waals surface area contributed by atoms with Gasteiger partial charge in [0.15, 0.2) is 0 Å². The van der Waals surface area contributed by atoms with E-state index in [2.05, 4.69) is 0 Å². The van der Waals surface area contributed by atoms with E-state index >= 15 is 0 Å². The van der Waals surface area contributed by atoms with Gasteiger partial charge in [0.25, 0.3) is 0 Å². The van der Waals surface area contributed by atoms with Crippen LogP contribution < -0.4 is 0 Å². The molecule has 0 radical (unpaired) electrons. The van der Waals surface area contributed by atoms with Crippen LogP contribution in [0.5, 0.6) is 0 Å². The molecule has 0 saturated carbocycles. The first kappa shape index (κ1) is 15.1. The summed E-state index contributed by atoms with van der Waals surface area (Å²) in [6, 6.07) is -0.187. The topological polar surface area (TPSA) is 76.1 Å². The lowest BCUT2D eigenvalue weighted by molar-refractivity contribution is -0.160. The molecule has 2 rings (SSSR count). The largest absolute Gasteiger partial charge is 0.481 e. The molecule has 2 heterocycles. The molecule has 0 unspecified atom stereocenters. The number of amides is 1. The van der Waals surface area contributed by atoms with Crippen molar-refractivity contribution in [2.24, 2.45) is 5.92 Å². The zero-order chi connectivity index (χ0) is 14.9. The van der Waals surface area contributed by atoms with Crippen molar-refractivity contribution in [2.45, 2.75) is 57.8 Å². The molecular formula is C14H23NO5. The van der Waals surface area contributed by atoms with Gasteiger partial charge in [-0.2, -0.15) is 0 Å². The molecule has 6 nitrogen and oxygen atoms in total. The van der Waals surface area contributed by atoms with Crippen molar-refractivity contribution in [1.29, 1.82) is 0 Å². The summed E-state index contributed by atoms with van der Waals surface area (Å²) in [5, 5.41) is 9.27. The molecule has 2 aliphatic heterocycles. The molecular weight excluding hydrogens is 262 g/mol. The maximum Gasteiger partial charge on any atom is 0.410 e. The van der Waals surface area contributed by atoms with Crippen LogP contribution in [0.3, 0.4) is 0 Å². The predicted molar refractivity (Wildman–Crippen MR) is 71.4 cm³/mol. The van der Waals surface area contributed by atoms with E-state index in [0.717, 1.165) is 12.8 Å². The molecule has 2 aliphatic rings. The number of piperidine rings is 1. The first-order valence-corrected chi connectivity index (χ1v) is 7.13. The Morgan fingerprint density at radius 1 is 1.30 bits per heavy atom. The molecule has 0 aromatic carbocycles. The van der Waals surface area contributed by atoms with E-state index in [1.165, 1.54) is 0 Å². The van der Waals surface area contributed by atoms with E-state index < -0.39 is 23.6 Å². The molecule has 114 valence electrons. The van der Waals surface area contributed by atoms with Crippen molar-refractivity contribution in [1.82, 2.24) is 4.90 Å². The van der Waals surface area contributed by atoms with Crippen LogP contribution in [-0.2, 0) is 14.3 Å². The number of hydrogen-bond acceptors (Lipinski definition) is 4. The zero-order valence-corrected chi connectivity index (χ0v) is 12.3. The number of nitrogens with zero attached hydrogens (tertiary/aromatic N) is 1. The third kappa shape index (κ3) is 3.23. The molecule has 0 bridgehead atoms. The molecule has 0 spiro atoms. The van der Waals surface area contributed by atoms with Crippen LogP contribution in [0, 0.1) is 5.92 Å². The number of hydrogen-bond donors (Lipinski definition) is 1. The second-order valence-electron chi connectivity index (χ2n) is 6.45. The van der Waals surface area contributed by atoms with Gasteiger partial charge in [-0.15, -0.1) is 0 Å². The van der Waals surface area contributed by atoms with Crippen molar-refractivity contribution in [3.8, 4) is 0 Å². The molecule has 2 saturated heterocycles. The summed E-state index contributed by atoms with van der Waals surface area (Å²) in [5.74, 6) is -1.37. The van der Waals surface area contributed by atoms with Crippen molar-refractivity contribution in [2.75, 3.05) is 13.2 Å². The third-order valence-corrected chi connectivity index (χ3v) is 3.76. The van der Waals surface area contributed by atoms with Crippen molar-refractivity contribution < 1.29 is 24.2 Å². The van der Waals surface area contributed by atoms with Gasteiger partial charge in [0.2, 0.25) is 0 Å². The zero-order valence-electron chi connectivity index (χ0n) is 12.3. The number of carbonyl (C=O) groups excluding carboxylic acids is 1. The number of carbonyl (C=O) groups is 2. The highest BCUT2D eigenvalue weighted by molar-refractivity contribution is 5.73. The fourth-order valence-corrected chi connectivity index (χ4v) is 2.92. The Morgan fingerprint density at radius 2 is 2.00 bits per heavy atom. The van der Waals surface area contributed by atoms with Crippen LogP contribution in [-0.4, -0.2) is 53.0 Å². The van der Waals surface area contributed by atoms with Crippen LogP contribution in [0.15, 0.2) is 0 Å². The van der Waals surface area contributed by atoms with Gasteiger partial charge in [-0.1, -0.05) is 0 Å². The lowest BCUT2D eigenvalue weighted by atomic mass is 9.84. The maximum absolute atomic E-state index is 12.2. The van der Waals surface area contributed by atoms with E-state index in [1.54, 1.807) is 4.90 Å². The highest BCUT2D eigenvalue weighted by Gasteiger charge is 2.46.